The van der Waals surface area contributed by atoms with Gasteiger partial charge >= 0.3 is 0 Å². The summed E-state index contributed by atoms with van der Waals surface area (Å²) in [5.41, 5.74) is 2.78. The highest BCUT2D eigenvalue weighted by Gasteiger charge is 2.16. The number of halogens is 1. The maximum absolute atomic E-state index is 13.3. The molecule has 0 atom stereocenters. The van der Waals surface area contributed by atoms with E-state index in [4.69, 9.17) is 4.74 Å². The van der Waals surface area contributed by atoms with Crippen LogP contribution in [-0.4, -0.2) is 12.9 Å². The number of carbonyl (C=O) groups excluding carboxylic acids is 1. The molecular formula is C16H15FO2. The van der Waals surface area contributed by atoms with Gasteiger partial charge in [0.2, 0.25) is 0 Å². The Morgan fingerprint density at radius 3 is 2.26 bits per heavy atom. The summed E-state index contributed by atoms with van der Waals surface area (Å²) in [5, 5.41) is 0. The third-order valence-electron chi connectivity index (χ3n) is 2.89. The molecular weight excluding hydrogens is 243 g/mol. The van der Waals surface area contributed by atoms with Gasteiger partial charge in [-0.15, -0.1) is 0 Å². The van der Waals surface area contributed by atoms with Crippen LogP contribution in [0.5, 0.6) is 5.75 Å². The summed E-state index contributed by atoms with van der Waals surface area (Å²) in [6, 6.07) is 9.51. The molecule has 0 aromatic heterocycles. The molecule has 0 amide bonds. The van der Waals surface area contributed by atoms with Gasteiger partial charge in [0.15, 0.2) is 5.78 Å². The quantitative estimate of drug-likeness (QED) is 0.785. The van der Waals surface area contributed by atoms with Crippen molar-refractivity contribution in [2.45, 2.75) is 13.8 Å². The van der Waals surface area contributed by atoms with E-state index in [9.17, 15) is 9.18 Å². The van der Waals surface area contributed by atoms with E-state index < -0.39 is 5.82 Å². The normalized spacial score (nSPS) is 10.3. The van der Waals surface area contributed by atoms with E-state index in [1.165, 1.54) is 25.3 Å². The number of ether oxygens (including phenoxy) is 1. The number of rotatable bonds is 3. The van der Waals surface area contributed by atoms with Crippen LogP contribution in [0.4, 0.5) is 4.39 Å². The van der Waals surface area contributed by atoms with E-state index in [1.807, 2.05) is 19.9 Å². The molecule has 3 heteroatoms. The van der Waals surface area contributed by atoms with Crippen LogP contribution < -0.4 is 4.74 Å². The van der Waals surface area contributed by atoms with E-state index >= 15 is 0 Å². The summed E-state index contributed by atoms with van der Waals surface area (Å²) in [7, 11) is 1.46. The fraction of sp³-hybridized carbons (Fsp3) is 0.188. The number of aryl methyl sites for hydroxylation is 2. The smallest absolute Gasteiger partial charge is 0.196 e. The van der Waals surface area contributed by atoms with Crippen molar-refractivity contribution in [1.82, 2.24) is 0 Å². The highest BCUT2D eigenvalue weighted by Crippen LogP contribution is 2.23. The van der Waals surface area contributed by atoms with E-state index in [1.54, 1.807) is 12.1 Å². The van der Waals surface area contributed by atoms with Gasteiger partial charge in [-0.2, -0.15) is 0 Å². The van der Waals surface area contributed by atoms with Crippen molar-refractivity contribution >= 4 is 5.78 Å². The molecule has 2 aromatic carbocycles. The lowest BCUT2D eigenvalue weighted by Gasteiger charge is -2.09. The predicted molar refractivity (Wildman–Crippen MR) is 72.3 cm³/mol. The van der Waals surface area contributed by atoms with E-state index in [2.05, 4.69) is 0 Å². The minimum absolute atomic E-state index is 0.233. The molecule has 0 aliphatic carbocycles. The lowest BCUT2D eigenvalue weighted by atomic mass is 9.99. The highest BCUT2D eigenvalue weighted by atomic mass is 19.1. The Labute approximate surface area is 111 Å². The molecule has 0 saturated carbocycles. The van der Waals surface area contributed by atoms with Gasteiger partial charge in [-0.1, -0.05) is 17.2 Å². The standard InChI is InChI=1S/C16H15FO2/c1-10-6-11(2)8-12(7-10)16(18)14-9-13(17)4-5-15(14)19-3/h4-9H,1-3H3. The van der Waals surface area contributed by atoms with Gasteiger partial charge in [-0.05, 0) is 44.2 Å². The lowest BCUT2D eigenvalue weighted by Crippen LogP contribution is -2.05. The van der Waals surface area contributed by atoms with Crippen LogP contribution in [0.25, 0.3) is 0 Å². The van der Waals surface area contributed by atoms with Crippen molar-refractivity contribution in [3.8, 4) is 5.75 Å². The Balaban J connectivity index is 2.52. The largest absolute Gasteiger partial charge is 0.496 e. The number of methoxy groups -OCH3 is 1. The molecule has 98 valence electrons. The second-order valence-electron chi connectivity index (χ2n) is 4.55. The van der Waals surface area contributed by atoms with E-state index in [0.29, 0.717) is 11.3 Å². The molecule has 0 aliphatic heterocycles. The second kappa shape index (κ2) is 5.22. The van der Waals surface area contributed by atoms with Crippen LogP contribution in [0.1, 0.15) is 27.0 Å². The van der Waals surface area contributed by atoms with Crippen LogP contribution in [0.3, 0.4) is 0 Å². The predicted octanol–water partition coefficient (Wildman–Crippen LogP) is 3.68. The Kier molecular flexibility index (Phi) is 3.65. The average Bonchev–Trinajstić information content (AvgIpc) is 2.36. The van der Waals surface area contributed by atoms with Gasteiger partial charge in [-0.3, -0.25) is 4.79 Å². The molecule has 0 N–H and O–H groups in total. The molecule has 0 aliphatic rings. The summed E-state index contributed by atoms with van der Waals surface area (Å²) in [4.78, 5) is 12.4. The van der Waals surface area contributed by atoms with Crippen LogP contribution in [-0.2, 0) is 0 Å². The molecule has 0 bridgehead atoms. The molecule has 0 spiro atoms. The molecule has 2 aromatic rings. The zero-order valence-corrected chi connectivity index (χ0v) is 11.2. The van der Waals surface area contributed by atoms with Gasteiger partial charge in [0.05, 0.1) is 12.7 Å². The fourth-order valence-corrected chi connectivity index (χ4v) is 2.12. The van der Waals surface area contributed by atoms with E-state index in [-0.39, 0.29) is 11.3 Å². The van der Waals surface area contributed by atoms with Crippen molar-refractivity contribution < 1.29 is 13.9 Å². The molecule has 19 heavy (non-hydrogen) atoms. The van der Waals surface area contributed by atoms with E-state index in [0.717, 1.165) is 11.1 Å². The van der Waals surface area contributed by atoms with Crippen LogP contribution >= 0.6 is 0 Å². The zero-order valence-electron chi connectivity index (χ0n) is 11.2. The highest BCUT2D eigenvalue weighted by molar-refractivity contribution is 6.10. The Bertz CT molecular complexity index is 612. The summed E-state index contributed by atoms with van der Waals surface area (Å²) < 4.78 is 18.4. The third kappa shape index (κ3) is 2.81. The maximum Gasteiger partial charge on any atom is 0.196 e. The van der Waals surface area contributed by atoms with Gasteiger partial charge in [0.1, 0.15) is 11.6 Å². The summed E-state index contributed by atoms with van der Waals surface area (Å²) >= 11 is 0. The molecule has 0 fully saturated rings. The number of benzene rings is 2. The lowest BCUT2D eigenvalue weighted by molar-refractivity contribution is 0.103. The number of hydrogen-bond acceptors (Lipinski definition) is 2. The Morgan fingerprint density at radius 1 is 1.05 bits per heavy atom. The first-order chi connectivity index (χ1) is 9.01. The number of ketones is 1. The van der Waals surface area contributed by atoms with Gasteiger partial charge in [0, 0.05) is 5.56 Å². The Hall–Kier alpha value is -2.16. The van der Waals surface area contributed by atoms with Crippen molar-refractivity contribution in [3.63, 3.8) is 0 Å². The molecule has 2 nitrogen and oxygen atoms in total. The summed E-state index contributed by atoms with van der Waals surface area (Å²) in [6.07, 6.45) is 0. The first-order valence-electron chi connectivity index (χ1n) is 5.98. The first kappa shape index (κ1) is 13.3. The minimum atomic E-state index is -0.450. The van der Waals surface area contributed by atoms with Crippen LogP contribution in [0.2, 0.25) is 0 Å². The Morgan fingerprint density at radius 2 is 1.68 bits per heavy atom. The topological polar surface area (TPSA) is 26.3 Å². The summed E-state index contributed by atoms with van der Waals surface area (Å²) in [6.45, 7) is 3.85. The first-order valence-corrected chi connectivity index (χ1v) is 5.98. The number of hydrogen-bond donors (Lipinski definition) is 0. The monoisotopic (exact) mass is 258 g/mol. The third-order valence-corrected chi connectivity index (χ3v) is 2.89. The van der Waals surface area contributed by atoms with Crippen molar-refractivity contribution in [1.29, 1.82) is 0 Å². The van der Waals surface area contributed by atoms with Crippen LogP contribution in [0, 0.1) is 19.7 Å². The number of carbonyl (C=O) groups is 1. The summed E-state index contributed by atoms with van der Waals surface area (Å²) in [5.74, 6) is -0.303. The average molecular weight is 258 g/mol. The maximum atomic E-state index is 13.3. The SMILES string of the molecule is COc1ccc(F)cc1C(=O)c1cc(C)cc(C)c1. The minimum Gasteiger partial charge on any atom is -0.496 e. The second-order valence-corrected chi connectivity index (χ2v) is 4.55. The fourth-order valence-electron chi connectivity index (χ4n) is 2.12. The molecule has 2 rings (SSSR count). The molecule has 0 unspecified atom stereocenters. The molecule has 0 heterocycles. The zero-order chi connectivity index (χ0) is 14.0. The van der Waals surface area contributed by atoms with Crippen molar-refractivity contribution in [2.75, 3.05) is 7.11 Å². The van der Waals surface area contributed by atoms with Gasteiger partial charge < -0.3 is 4.74 Å². The van der Waals surface area contributed by atoms with Gasteiger partial charge in [-0.25, -0.2) is 4.39 Å². The van der Waals surface area contributed by atoms with Crippen molar-refractivity contribution in [3.05, 3.63) is 64.5 Å². The van der Waals surface area contributed by atoms with Crippen molar-refractivity contribution in [2.24, 2.45) is 0 Å². The molecule has 0 saturated heterocycles. The van der Waals surface area contributed by atoms with Gasteiger partial charge in [0.25, 0.3) is 0 Å². The van der Waals surface area contributed by atoms with Crippen LogP contribution in [0.15, 0.2) is 36.4 Å². The molecule has 0 radical (unpaired) electrons.